The van der Waals surface area contributed by atoms with Crippen LogP contribution in [0.2, 0.25) is 0 Å². The first kappa shape index (κ1) is 22.2. The van der Waals surface area contributed by atoms with Crippen molar-refractivity contribution in [1.29, 1.82) is 0 Å². The summed E-state index contributed by atoms with van der Waals surface area (Å²) < 4.78 is 20.0. The van der Waals surface area contributed by atoms with Crippen LogP contribution in [0.15, 0.2) is 61.1 Å². The van der Waals surface area contributed by atoms with Crippen LogP contribution >= 0.6 is 0 Å². The molecule has 0 aromatic rings. The van der Waals surface area contributed by atoms with E-state index in [0.717, 1.165) is 12.2 Å². The van der Waals surface area contributed by atoms with Gasteiger partial charge in [-0.05, 0) is 19.1 Å². The second-order valence-electron chi connectivity index (χ2n) is 4.33. The molecule has 7 nitrogen and oxygen atoms in total. The number of aliphatic hydroxyl groups is 1. The molecule has 0 atom stereocenters. The number of carbonyl (C=O) groups excluding carboxylic acids is 2. The van der Waals surface area contributed by atoms with Crippen molar-refractivity contribution in [3.05, 3.63) is 61.1 Å². The van der Waals surface area contributed by atoms with Crippen LogP contribution in [0.1, 0.15) is 6.92 Å². The van der Waals surface area contributed by atoms with Gasteiger partial charge in [0.1, 0.15) is 31.3 Å². The highest BCUT2D eigenvalue weighted by Gasteiger charge is 1.98. The van der Waals surface area contributed by atoms with Crippen LogP contribution in [0.5, 0.6) is 0 Å². The highest BCUT2D eigenvalue weighted by atomic mass is 16.6. The van der Waals surface area contributed by atoms with Crippen LogP contribution in [0.4, 0.5) is 0 Å². The number of aliphatic hydroxyl groups excluding tert-OH is 1. The molecule has 0 aliphatic carbocycles. The van der Waals surface area contributed by atoms with Gasteiger partial charge in [-0.2, -0.15) is 0 Å². The topological polar surface area (TPSA) is 91.3 Å². The van der Waals surface area contributed by atoms with Crippen LogP contribution in [0.25, 0.3) is 0 Å². The molecular formula is C18H24O7. The van der Waals surface area contributed by atoms with E-state index in [9.17, 15) is 14.7 Å². The van der Waals surface area contributed by atoms with Gasteiger partial charge >= 0.3 is 11.9 Å². The van der Waals surface area contributed by atoms with E-state index in [-0.39, 0.29) is 38.8 Å². The molecule has 0 saturated heterocycles. The summed E-state index contributed by atoms with van der Waals surface area (Å²) >= 11 is 0. The average Bonchev–Trinajstić information content (AvgIpc) is 2.62. The average molecular weight is 352 g/mol. The monoisotopic (exact) mass is 352 g/mol. The Balaban J connectivity index is 4.01. The molecule has 0 fully saturated rings. The Hall–Kier alpha value is -2.80. The molecule has 0 aliphatic rings. The normalized spacial score (nSPS) is 11.9. The van der Waals surface area contributed by atoms with Gasteiger partial charge in [0.25, 0.3) is 0 Å². The summed E-state index contributed by atoms with van der Waals surface area (Å²) in [5.41, 5.74) is 0. The fourth-order valence-corrected chi connectivity index (χ4v) is 1.34. The van der Waals surface area contributed by atoms with E-state index in [1.165, 1.54) is 12.2 Å². The molecule has 0 rings (SSSR count). The number of hydrogen-bond acceptors (Lipinski definition) is 7. The summed E-state index contributed by atoms with van der Waals surface area (Å²) in [7, 11) is 0. The summed E-state index contributed by atoms with van der Waals surface area (Å²) in [4.78, 5) is 21.6. The molecule has 0 bridgehead atoms. The van der Waals surface area contributed by atoms with Gasteiger partial charge in [-0.25, -0.2) is 9.59 Å². The maximum Gasteiger partial charge on any atom is 0.330 e. The lowest BCUT2D eigenvalue weighted by Gasteiger charge is -2.07. The van der Waals surface area contributed by atoms with Gasteiger partial charge in [-0.15, -0.1) is 0 Å². The molecular weight excluding hydrogens is 328 g/mol. The molecule has 25 heavy (non-hydrogen) atoms. The SMILES string of the molecule is C=CC(=O)OCCOC/C=C/C(O)=C\C(=C/C)OCCOC(=O)C=C. The Bertz CT molecular complexity index is 530. The van der Waals surface area contributed by atoms with Crippen LogP contribution in [0, 0.1) is 0 Å². The standard InChI is InChI=1S/C18H24O7/c1-4-16(23-12-13-25-18(21)6-3)14-15(19)8-7-9-22-10-11-24-17(20)5-2/h4-8,14,19H,2-3,9-13H2,1H3/b8-7+,15-14+,16-4+. The Kier molecular flexibility index (Phi) is 13.1. The fraction of sp³-hybridized carbons (Fsp3) is 0.333. The highest BCUT2D eigenvalue weighted by Crippen LogP contribution is 2.04. The number of ether oxygens (including phenoxy) is 4. The van der Waals surface area contributed by atoms with E-state index in [4.69, 9.17) is 18.9 Å². The second kappa shape index (κ2) is 14.8. The molecule has 0 saturated carbocycles. The predicted octanol–water partition coefficient (Wildman–Crippen LogP) is 2.38. The van der Waals surface area contributed by atoms with E-state index in [1.807, 2.05) is 0 Å². The van der Waals surface area contributed by atoms with Gasteiger partial charge in [-0.1, -0.05) is 19.2 Å². The summed E-state index contributed by atoms with van der Waals surface area (Å²) in [5.74, 6) is -0.629. The predicted molar refractivity (Wildman–Crippen MR) is 92.7 cm³/mol. The Morgan fingerprint density at radius 1 is 0.960 bits per heavy atom. The maximum absolute atomic E-state index is 10.9. The smallest absolute Gasteiger partial charge is 0.330 e. The Labute approximate surface area is 147 Å². The van der Waals surface area contributed by atoms with E-state index in [0.29, 0.717) is 5.76 Å². The van der Waals surface area contributed by atoms with Crippen molar-refractivity contribution in [2.45, 2.75) is 6.92 Å². The first-order valence-corrected chi connectivity index (χ1v) is 7.56. The van der Waals surface area contributed by atoms with Gasteiger partial charge in [0.05, 0.1) is 13.2 Å². The van der Waals surface area contributed by atoms with Gasteiger partial charge in [-0.3, -0.25) is 0 Å². The number of allylic oxidation sites excluding steroid dienone is 3. The molecule has 7 heteroatoms. The van der Waals surface area contributed by atoms with Crippen molar-refractivity contribution in [2.24, 2.45) is 0 Å². The van der Waals surface area contributed by atoms with Crippen LogP contribution in [0.3, 0.4) is 0 Å². The molecule has 0 amide bonds. The van der Waals surface area contributed by atoms with Crippen molar-refractivity contribution < 1.29 is 33.6 Å². The molecule has 0 aromatic heterocycles. The van der Waals surface area contributed by atoms with Gasteiger partial charge < -0.3 is 24.1 Å². The highest BCUT2D eigenvalue weighted by molar-refractivity contribution is 5.81. The first-order valence-electron chi connectivity index (χ1n) is 7.56. The largest absolute Gasteiger partial charge is 0.508 e. The number of esters is 2. The molecule has 1 N–H and O–H groups in total. The van der Waals surface area contributed by atoms with E-state index < -0.39 is 11.9 Å². The third kappa shape index (κ3) is 13.3. The van der Waals surface area contributed by atoms with E-state index in [2.05, 4.69) is 13.2 Å². The first-order chi connectivity index (χ1) is 12.0. The lowest BCUT2D eigenvalue weighted by molar-refractivity contribution is -0.139. The number of hydrogen-bond donors (Lipinski definition) is 1. The molecule has 0 heterocycles. The minimum Gasteiger partial charge on any atom is -0.508 e. The second-order valence-corrected chi connectivity index (χ2v) is 4.33. The third-order valence-corrected chi connectivity index (χ3v) is 2.48. The quantitative estimate of drug-likeness (QED) is 0.179. The van der Waals surface area contributed by atoms with Crippen molar-refractivity contribution in [2.75, 3.05) is 33.0 Å². The number of rotatable bonds is 13. The van der Waals surface area contributed by atoms with Gasteiger partial charge in [0.2, 0.25) is 0 Å². The minimum atomic E-state index is -0.522. The maximum atomic E-state index is 10.9. The molecule has 0 radical (unpaired) electrons. The summed E-state index contributed by atoms with van der Waals surface area (Å²) in [6.45, 7) is 9.14. The lowest BCUT2D eigenvalue weighted by Crippen LogP contribution is -2.08. The van der Waals surface area contributed by atoms with E-state index in [1.54, 1.807) is 19.1 Å². The van der Waals surface area contributed by atoms with Crippen LogP contribution in [-0.2, 0) is 28.5 Å². The van der Waals surface area contributed by atoms with Gasteiger partial charge in [0.15, 0.2) is 0 Å². The summed E-state index contributed by atoms with van der Waals surface area (Å²) in [6, 6.07) is 0. The van der Waals surface area contributed by atoms with E-state index >= 15 is 0 Å². The van der Waals surface area contributed by atoms with Crippen molar-refractivity contribution in [1.82, 2.24) is 0 Å². The molecule has 0 aromatic carbocycles. The van der Waals surface area contributed by atoms with Crippen molar-refractivity contribution in [3.8, 4) is 0 Å². The number of carbonyl (C=O) groups is 2. The van der Waals surface area contributed by atoms with Crippen LogP contribution < -0.4 is 0 Å². The Morgan fingerprint density at radius 3 is 2.08 bits per heavy atom. The van der Waals surface area contributed by atoms with Crippen LogP contribution in [-0.4, -0.2) is 50.1 Å². The molecule has 0 spiro atoms. The zero-order chi connectivity index (χ0) is 18.9. The zero-order valence-corrected chi connectivity index (χ0v) is 14.3. The van der Waals surface area contributed by atoms with Crippen molar-refractivity contribution in [3.63, 3.8) is 0 Å². The minimum absolute atomic E-state index is 0.0297. The van der Waals surface area contributed by atoms with Gasteiger partial charge in [0, 0.05) is 18.2 Å². The Morgan fingerprint density at radius 2 is 1.52 bits per heavy atom. The zero-order valence-electron chi connectivity index (χ0n) is 14.3. The summed E-state index contributed by atoms with van der Waals surface area (Å²) in [6.07, 6.45) is 8.26. The third-order valence-electron chi connectivity index (χ3n) is 2.48. The molecule has 138 valence electrons. The summed E-state index contributed by atoms with van der Waals surface area (Å²) in [5, 5.41) is 9.76. The molecule has 0 unspecified atom stereocenters. The lowest BCUT2D eigenvalue weighted by atomic mass is 10.3. The fourth-order valence-electron chi connectivity index (χ4n) is 1.34. The molecule has 0 aliphatic heterocycles. The van der Waals surface area contributed by atoms with Crippen molar-refractivity contribution >= 4 is 11.9 Å².